The Morgan fingerprint density at radius 2 is 1.81 bits per heavy atom. The second-order valence-electron chi connectivity index (χ2n) is 10.0. The molecular formula is C33H33N3O6S. The second-order valence-corrected chi connectivity index (χ2v) is 11.0. The zero-order chi connectivity index (χ0) is 30.8. The molecule has 1 atom stereocenters. The highest BCUT2D eigenvalue weighted by Gasteiger charge is 2.35. The Morgan fingerprint density at radius 1 is 1.07 bits per heavy atom. The first-order valence-corrected chi connectivity index (χ1v) is 14.8. The number of carbonyl (C=O) groups excluding carboxylic acids is 2. The van der Waals surface area contributed by atoms with Gasteiger partial charge in [0.2, 0.25) is 0 Å². The molecule has 1 aliphatic rings. The Kier molecular flexibility index (Phi) is 8.50. The van der Waals surface area contributed by atoms with Crippen LogP contribution in [-0.2, 0) is 9.53 Å². The molecule has 1 aliphatic heterocycles. The van der Waals surface area contributed by atoms with E-state index in [9.17, 15) is 14.4 Å². The van der Waals surface area contributed by atoms with Gasteiger partial charge in [0.25, 0.3) is 11.5 Å². The lowest BCUT2D eigenvalue weighted by Crippen LogP contribution is -2.43. The number of allylic oxidation sites excluding steroid dienone is 1. The lowest BCUT2D eigenvalue weighted by atomic mass is 9.94. The maximum Gasteiger partial charge on any atom is 0.337 e. The highest BCUT2D eigenvalue weighted by atomic mass is 32.1. The van der Waals surface area contributed by atoms with Crippen LogP contribution in [0.25, 0.3) is 17.4 Å². The number of thiazole rings is 1. The Hall–Kier alpha value is -4.70. The van der Waals surface area contributed by atoms with Gasteiger partial charge in [0.05, 0.1) is 35.6 Å². The van der Waals surface area contributed by atoms with Crippen LogP contribution in [0.5, 0.6) is 5.75 Å². The van der Waals surface area contributed by atoms with Gasteiger partial charge in [-0.15, -0.1) is 0 Å². The molecule has 0 bridgehead atoms. The van der Waals surface area contributed by atoms with Crippen molar-refractivity contribution in [2.75, 3.05) is 27.3 Å². The van der Waals surface area contributed by atoms with Crippen LogP contribution in [-0.4, -0.2) is 48.7 Å². The maximum atomic E-state index is 14.1. The van der Waals surface area contributed by atoms with Crippen LogP contribution in [0.15, 0.2) is 80.1 Å². The molecule has 3 heterocycles. The topological polar surface area (TPSA) is 103 Å². The van der Waals surface area contributed by atoms with Crippen LogP contribution in [0.3, 0.4) is 0 Å². The highest BCUT2D eigenvalue weighted by molar-refractivity contribution is 7.07. The second kappa shape index (κ2) is 12.3. The molecule has 0 saturated carbocycles. The van der Waals surface area contributed by atoms with E-state index in [0.717, 1.165) is 11.1 Å². The Bertz CT molecular complexity index is 1930. The van der Waals surface area contributed by atoms with Crippen LogP contribution < -0.4 is 19.6 Å². The number of esters is 1. The van der Waals surface area contributed by atoms with E-state index < -0.39 is 12.0 Å². The van der Waals surface area contributed by atoms with Crippen LogP contribution in [0, 0.1) is 6.92 Å². The molecule has 10 heteroatoms. The van der Waals surface area contributed by atoms with Crippen LogP contribution in [0.2, 0.25) is 0 Å². The number of nitrogens with zero attached hydrogens (tertiary/aromatic N) is 3. The summed E-state index contributed by atoms with van der Waals surface area (Å²) in [4.78, 5) is 46.7. The van der Waals surface area contributed by atoms with Crippen molar-refractivity contribution in [3.8, 4) is 17.1 Å². The van der Waals surface area contributed by atoms with Crippen molar-refractivity contribution >= 4 is 29.3 Å². The number of carbonyl (C=O) groups is 2. The number of amides is 1. The van der Waals surface area contributed by atoms with Crippen molar-refractivity contribution in [2.24, 2.45) is 4.99 Å². The van der Waals surface area contributed by atoms with Crippen LogP contribution in [0.1, 0.15) is 54.1 Å². The van der Waals surface area contributed by atoms with Gasteiger partial charge in [0, 0.05) is 30.3 Å². The van der Waals surface area contributed by atoms with Crippen molar-refractivity contribution in [3.63, 3.8) is 0 Å². The molecule has 0 unspecified atom stereocenters. The fourth-order valence-corrected chi connectivity index (χ4v) is 6.38. The zero-order valence-electron chi connectivity index (χ0n) is 25.0. The third kappa shape index (κ3) is 5.46. The van der Waals surface area contributed by atoms with E-state index in [1.807, 2.05) is 64.1 Å². The van der Waals surface area contributed by atoms with Gasteiger partial charge >= 0.3 is 5.97 Å². The normalized spacial score (nSPS) is 14.7. The molecule has 43 heavy (non-hydrogen) atoms. The average molecular weight is 600 g/mol. The highest BCUT2D eigenvalue weighted by Crippen LogP contribution is 2.36. The number of hydrogen-bond acceptors (Lipinski definition) is 8. The molecule has 0 saturated heterocycles. The number of fused-ring (bicyclic) bond motifs is 1. The van der Waals surface area contributed by atoms with E-state index in [4.69, 9.17) is 18.9 Å². The maximum absolute atomic E-state index is 14.1. The zero-order valence-corrected chi connectivity index (χ0v) is 25.8. The first kappa shape index (κ1) is 29.8. The number of hydrogen-bond donors (Lipinski definition) is 0. The SMILES string of the molecule is CCN(CC)C(=O)C1=C(C)N=c2s/c(=C\c3ccc(-c4ccc(C(=O)OC)cc4C)o3)c(=O)n2[C@H]1c1ccccc1OC. The minimum absolute atomic E-state index is 0.166. The number of ether oxygens (including phenoxy) is 2. The van der Waals surface area contributed by atoms with E-state index >= 15 is 0 Å². The summed E-state index contributed by atoms with van der Waals surface area (Å²) in [6.45, 7) is 8.61. The summed E-state index contributed by atoms with van der Waals surface area (Å²) in [5, 5.41) is 0. The van der Waals surface area contributed by atoms with Crippen molar-refractivity contribution in [2.45, 2.75) is 33.7 Å². The Morgan fingerprint density at radius 3 is 2.49 bits per heavy atom. The van der Waals surface area contributed by atoms with Crippen molar-refractivity contribution in [1.29, 1.82) is 0 Å². The van der Waals surface area contributed by atoms with E-state index in [0.29, 0.717) is 62.1 Å². The number of furan rings is 1. The number of aromatic nitrogens is 1. The van der Waals surface area contributed by atoms with E-state index in [1.54, 1.807) is 40.9 Å². The fraction of sp³-hybridized carbons (Fsp3) is 0.273. The van der Waals surface area contributed by atoms with Crippen molar-refractivity contribution in [3.05, 3.63) is 108 Å². The standard InChI is InChI=1S/C33H33N3O6S/c1-7-35(8-2)31(38)28-20(4)34-33-36(29(28)24-11-9-10-12-25(24)40-5)30(37)27(43-33)18-22-14-16-26(42-22)23-15-13-21(17-19(23)3)32(39)41-6/h9-18,29H,7-8H2,1-6H3/b27-18-/t29-/m0/s1. The number of rotatable bonds is 8. The van der Waals surface area contributed by atoms with Gasteiger partial charge in [-0.05, 0) is 63.6 Å². The number of para-hydroxylation sites is 1. The van der Waals surface area contributed by atoms with E-state index in [1.165, 1.54) is 18.4 Å². The molecule has 222 valence electrons. The molecule has 0 fully saturated rings. The molecule has 0 spiro atoms. The predicted octanol–water partition coefficient (Wildman–Crippen LogP) is 4.47. The van der Waals surface area contributed by atoms with Gasteiger partial charge in [-0.3, -0.25) is 14.2 Å². The summed E-state index contributed by atoms with van der Waals surface area (Å²) in [5.41, 5.74) is 3.55. The molecule has 0 N–H and O–H groups in total. The lowest BCUT2D eigenvalue weighted by molar-refractivity contribution is -0.127. The van der Waals surface area contributed by atoms with Crippen molar-refractivity contribution < 1.29 is 23.5 Å². The molecule has 2 aromatic carbocycles. The Balaban J connectivity index is 1.62. The van der Waals surface area contributed by atoms with Crippen LogP contribution >= 0.6 is 11.3 Å². The van der Waals surface area contributed by atoms with Gasteiger partial charge in [0.1, 0.15) is 23.3 Å². The molecule has 4 aromatic rings. The third-order valence-corrected chi connectivity index (χ3v) is 8.53. The number of methoxy groups -OCH3 is 2. The molecule has 9 nitrogen and oxygen atoms in total. The summed E-state index contributed by atoms with van der Waals surface area (Å²) >= 11 is 1.24. The first-order valence-electron chi connectivity index (χ1n) is 14.0. The Labute approximate surface area is 253 Å². The van der Waals surface area contributed by atoms with Crippen LogP contribution in [0.4, 0.5) is 0 Å². The predicted molar refractivity (Wildman–Crippen MR) is 165 cm³/mol. The molecule has 0 aliphatic carbocycles. The molecular weight excluding hydrogens is 566 g/mol. The van der Waals surface area contributed by atoms with E-state index in [-0.39, 0.29) is 11.5 Å². The quantitative estimate of drug-likeness (QED) is 0.277. The third-order valence-electron chi connectivity index (χ3n) is 7.55. The number of likely N-dealkylation sites (N-methyl/N-ethyl adjacent to an activating group) is 1. The van der Waals surface area contributed by atoms with Gasteiger partial charge < -0.3 is 18.8 Å². The van der Waals surface area contributed by atoms with Gasteiger partial charge in [-0.25, -0.2) is 9.79 Å². The number of aryl methyl sites for hydroxylation is 1. The lowest BCUT2D eigenvalue weighted by Gasteiger charge is -2.29. The molecule has 0 radical (unpaired) electrons. The summed E-state index contributed by atoms with van der Waals surface area (Å²) in [6.07, 6.45) is 1.69. The summed E-state index contributed by atoms with van der Waals surface area (Å²) in [5.74, 6) is 1.09. The molecule has 5 rings (SSSR count). The minimum Gasteiger partial charge on any atom is -0.496 e. The van der Waals surface area contributed by atoms with E-state index in [2.05, 4.69) is 0 Å². The monoisotopic (exact) mass is 599 g/mol. The number of benzene rings is 2. The minimum atomic E-state index is -0.717. The largest absolute Gasteiger partial charge is 0.496 e. The first-order chi connectivity index (χ1) is 20.7. The fourth-order valence-electron chi connectivity index (χ4n) is 5.35. The van der Waals surface area contributed by atoms with Crippen molar-refractivity contribution in [1.82, 2.24) is 9.47 Å². The van der Waals surface area contributed by atoms with Gasteiger partial charge in [0.15, 0.2) is 4.80 Å². The van der Waals surface area contributed by atoms with Gasteiger partial charge in [-0.1, -0.05) is 35.6 Å². The summed E-state index contributed by atoms with van der Waals surface area (Å²) < 4.78 is 18.6. The average Bonchev–Trinajstić information content (AvgIpc) is 3.60. The molecule has 1 amide bonds. The van der Waals surface area contributed by atoms with Gasteiger partial charge in [-0.2, -0.15) is 0 Å². The molecule has 2 aromatic heterocycles. The summed E-state index contributed by atoms with van der Waals surface area (Å²) in [6, 6.07) is 15.6. The summed E-state index contributed by atoms with van der Waals surface area (Å²) in [7, 11) is 2.92. The smallest absolute Gasteiger partial charge is 0.337 e.